The Kier molecular flexibility index (Phi) is 2.83. The summed E-state index contributed by atoms with van der Waals surface area (Å²) in [6, 6.07) is -1.40. The van der Waals surface area contributed by atoms with Gasteiger partial charge in [0.15, 0.2) is 0 Å². The molecule has 6 N–H and O–H groups in total. The number of ether oxygens (including phenoxy) is 1. The predicted molar refractivity (Wildman–Crippen MR) is 52.0 cm³/mol. The van der Waals surface area contributed by atoms with Crippen LogP contribution in [0.2, 0.25) is 0 Å². The van der Waals surface area contributed by atoms with E-state index in [2.05, 4.69) is 0 Å². The molecule has 0 bridgehead atoms. The van der Waals surface area contributed by atoms with Gasteiger partial charge in [-0.1, -0.05) is 0 Å². The van der Waals surface area contributed by atoms with E-state index < -0.39 is 54.5 Å². The number of carbonyl (C=O) groups excluding carboxylic acids is 1. The Bertz CT molecular complexity index is 400. The summed E-state index contributed by atoms with van der Waals surface area (Å²) in [6.45, 7) is -0.481. The molecule has 0 aromatic heterocycles. The zero-order valence-electron chi connectivity index (χ0n) is 9.11. The summed E-state index contributed by atoms with van der Waals surface area (Å²) < 4.78 is 4.70. The maximum atomic E-state index is 11.6. The van der Waals surface area contributed by atoms with Crippen LogP contribution in [0.15, 0.2) is 0 Å². The molecule has 0 saturated carbocycles. The first-order chi connectivity index (χ1) is 8.22. The number of amides is 1. The van der Waals surface area contributed by atoms with Crippen molar-refractivity contribution in [1.82, 2.24) is 5.32 Å². The molecule has 0 aromatic rings. The van der Waals surface area contributed by atoms with Crippen LogP contribution in [-0.4, -0.2) is 73.7 Å². The van der Waals surface area contributed by atoms with E-state index in [1.165, 1.54) is 0 Å². The van der Waals surface area contributed by atoms with Gasteiger partial charge in [0.25, 0.3) is 5.91 Å². The fraction of sp³-hybridized carbons (Fsp3) is 0.778. The second kappa shape index (κ2) is 3.87. The maximum Gasteiger partial charge on any atom is 0.326 e. The van der Waals surface area contributed by atoms with Gasteiger partial charge in [0.2, 0.25) is 11.4 Å². The zero-order valence-corrected chi connectivity index (χ0v) is 9.11. The summed E-state index contributed by atoms with van der Waals surface area (Å²) in [5.74, 6) is -5.30. The molecule has 2 fully saturated rings. The Labute approximate surface area is 101 Å². The molecule has 5 atom stereocenters. The fourth-order valence-electron chi connectivity index (χ4n) is 2.19. The lowest BCUT2D eigenvalue weighted by molar-refractivity contribution is -0.295. The number of hydrogen-bond acceptors (Lipinski definition) is 7. The number of hydrogen-bond donors (Lipinski definition) is 6. The largest absolute Gasteiger partial charge is 0.480 e. The summed E-state index contributed by atoms with van der Waals surface area (Å²) in [7, 11) is 0. The lowest BCUT2D eigenvalue weighted by atomic mass is 9.85. The highest BCUT2D eigenvalue weighted by atomic mass is 16.7. The molecule has 0 aliphatic carbocycles. The molecule has 2 heterocycles. The van der Waals surface area contributed by atoms with Crippen molar-refractivity contribution in [2.45, 2.75) is 36.1 Å². The van der Waals surface area contributed by atoms with Gasteiger partial charge in [-0.15, -0.1) is 0 Å². The Hall–Kier alpha value is -1.26. The topological polar surface area (TPSA) is 157 Å². The van der Waals surface area contributed by atoms with E-state index in [0.29, 0.717) is 0 Å². The van der Waals surface area contributed by atoms with Crippen molar-refractivity contribution in [3.63, 3.8) is 0 Å². The molecule has 9 heteroatoms. The van der Waals surface area contributed by atoms with Crippen LogP contribution in [0.3, 0.4) is 0 Å². The summed E-state index contributed by atoms with van der Waals surface area (Å²) in [5, 5.41) is 49.7. The minimum Gasteiger partial charge on any atom is -0.480 e. The standard InChI is InChI=1S/C9H13NO8/c11-4-2-18-9(17,5(4)12)8(16)1-3(6(13)14)10-7(8)15/h3-5,11-12,16-17H,1-2H2,(H,10,15)(H,13,14)/t3-,4-,5+,8-,9+/m0/s1. The third kappa shape index (κ3) is 1.52. The Morgan fingerprint density at radius 2 is 2.00 bits per heavy atom. The Balaban J connectivity index is 2.32. The number of nitrogens with one attached hydrogen (secondary N) is 1. The second-order valence-corrected chi connectivity index (χ2v) is 4.45. The first-order valence-electron chi connectivity index (χ1n) is 5.21. The minimum atomic E-state index is -2.74. The van der Waals surface area contributed by atoms with E-state index in [4.69, 9.17) is 9.84 Å². The molecular weight excluding hydrogens is 250 g/mol. The number of aliphatic hydroxyl groups excluding tert-OH is 2. The van der Waals surface area contributed by atoms with Gasteiger partial charge >= 0.3 is 5.97 Å². The van der Waals surface area contributed by atoms with E-state index in [0.717, 1.165) is 0 Å². The maximum absolute atomic E-state index is 11.6. The number of aliphatic carboxylic acids is 1. The smallest absolute Gasteiger partial charge is 0.326 e. The highest BCUT2D eigenvalue weighted by molar-refractivity contribution is 5.94. The third-order valence-corrected chi connectivity index (χ3v) is 3.31. The van der Waals surface area contributed by atoms with Crippen LogP contribution in [0.4, 0.5) is 0 Å². The van der Waals surface area contributed by atoms with Crippen molar-refractivity contribution in [3.8, 4) is 0 Å². The summed E-state index contributed by atoms with van der Waals surface area (Å²) >= 11 is 0. The number of carboxylic acid groups (broad SMARTS) is 1. The molecule has 2 rings (SSSR count). The van der Waals surface area contributed by atoms with E-state index in [1.54, 1.807) is 0 Å². The van der Waals surface area contributed by atoms with Gasteiger partial charge in [-0.25, -0.2) is 4.79 Å². The molecule has 0 radical (unpaired) electrons. The number of carboxylic acids is 1. The lowest BCUT2D eigenvalue weighted by Crippen LogP contribution is -2.64. The molecule has 2 aliphatic rings. The highest BCUT2D eigenvalue weighted by Crippen LogP contribution is 2.40. The van der Waals surface area contributed by atoms with Crippen molar-refractivity contribution in [2.75, 3.05) is 6.61 Å². The van der Waals surface area contributed by atoms with Crippen LogP contribution in [0.25, 0.3) is 0 Å². The third-order valence-electron chi connectivity index (χ3n) is 3.31. The van der Waals surface area contributed by atoms with E-state index in [1.807, 2.05) is 5.32 Å². The normalized spacial score (nSPS) is 48.2. The van der Waals surface area contributed by atoms with Gasteiger partial charge < -0.3 is 35.6 Å². The van der Waals surface area contributed by atoms with Crippen LogP contribution in [-0.2, 0) is 14.3 Å². The summed E-state index contributed by atoms with van der Waals surface area (Å²) in [6.07, 6.45) is -4.07. The molecule has 18 heavy (non-hydrogen) atoms. The summed E-state index contributed by atoms with van der Waals surface area (Å²) in [4.78, 5) is 22.3. The molecule has 1 amide bonds. The van der Waals surface area contributed by atoms with Crippen LogP contribution in [0.5, 0.6) is 0 Å². The van der Waals surface area contributed by atoms with Gasteiger partial charge in [0.1, 0.15) is 18.2 Å². The van der Waals surface area contributed by atoms with E-state index in [9.17, 15) is 30.0 Å². The van der Waals surface area contributed by atoms with Crippen LogP contribution >= 0.6 is 0 Å². The summed E-state index contributed by atoms with van der Waals surface area (Å²) in [5.41, 5.74) is -2.63. The SMILES string of the molecule is O=C(O)[C@@H]1C[C@@](O)([C@]2(O)OC[C@H](O)[C@H]2O)C(=O)N1. The Morgan fingerprint density at radius 3 is 2.39 bits per heavy atom. The van der Waals surface area contributed by atoms with Crippen LogP contribution in [0, 0.1) is 0 Å². The van der Waals surface area contributed by atoms with Crippen molar-refractivity contribution in [3.05, 3.63) is 0 Å². The number of carbonyl (C=O) groups is 2. The van der Waals surface area contributed by atoms with E-state index >= 15 is 0 Å². The highest BCUT2D eigenvalue weighted by Gasteiger charge is 2.68. The quantitative estimate of drug-likeness (QED) is 0.295. The molecular formula is C9H13NO8. The molecule has 0 unspecified atom stereocenters. The van der Waals surface area contributed by atoms with Crippen molar-refractivity contribution in [2.24, 2.45) is 0 Å². The lowest BCUT2D eigenvalue weighted by Gasteiger charge is -2.36. The van der Waals surface area contributed by atoms with Gasteiger partial charge in [0.05, 0.1) is 6.61 Å². The van der Waals surface area contributed by atoms with Gasteiger partial charge in [-0.05, 0) is 0 Å². The monoisotopic (exact) mass is 263 g/mol. The molecule has 0 aromatic carbocycles. The predicted octanol–water partition coefficient (Wildman–Crippen LogP) is -3.87. The first kappa shape index (κ1) is 13.2. The molecule has 9 nitrogen and oxygen atoms in total. The van der Waals surface area contributed by atoms with Crippen LogP contribution in [0.1, 0.15) is 6.42 Å². The van der Waals surface area contributed by atoms with Crippen molar-refractivity contribution in [1.29, 1.82) is 0 Å². The average Bonchev–Trinajstić information content (AvgIpc) is 2.75. The van der Waals surface area contributed by atoms with E-state index in [-0.39, 0.29) is 0 Å². The number of aliphatic hydroxyl groups is 4. The van der Waals surface area contributed by atoms with Gasteiger partial charge in [-0.3, -0.25) is 4.79 Å². The fourth-order valence-corrected chi connectivity index (χ4v) is 2.19. The van der Waals surface area contributed by atoms with Crippen molar-refractivity contribution < 1.29 is 39.9 Å². The molecule has 102 valence electrons. The van der Waals surface area contributed by atoms with Gasteiger partial charge in [-0.2, -0.15) is 0 Å². The second-order valence-electron chi connectivity index (χ2n) is 4.45. The number of rotatable bonds is 2. The molecule has 0 spiro atoms. The first-order valence-corrected chi connectivity index (χ1v) is 5.21. The zero-order chi connectivity index (χ0) is 13.7. The molecule has 2 saturated heterocycles. The Morgan fingerprint density at radius 1 is 1.39 bits per heavy atom. The van der Waals surface area contributed by atoms with Crippen molar-refractivity contribution >= 4 is 11.9 Å². The average molecular weight is 263 g/mol. The molecule has 2 aliphatic heterocycles. The van der Waals surface area contributed by atoms with Gasteiger partial charge in [0, 0.05) is 6.42 Å². The van der Waals surface area contributed by atoms with Crippen LogP contribution < -0.4 is 5.32 Å². The minimum absolute atomic E-state index is 0.481.